The zero-order valence-electron chi connectivity index (χ0n) is 14.1. The van der Waals surface area contributed by atoms with Crippen molar-refractivity contribution in [2.75, 3.05) is 10.6 Å². The van der Waals surface area contributed by atoms with Gasteiger partial charge in [-0.25, -0.2) is 4.68 Å². The van der Waals surface area contributed by atoms with E-state index in [0.29, 0.717) is 5.69 Å². The minimum Gasteiger partial charge on any atom is -0.324 e. The lowest BCUT2D eigenvalue weighted by Gasteiger charge is -2.11. The lowest BCUT2D eigenvalue weighted by molar-refractivity contribution is -0.137. The van der Waals surface area contributed by atoms with Gasteiger partial charge >= 0.3 is 6.18 Å². The van der Waals surface area contributed by atoms with Crippen LogP contribution in [0.5, 0.6) is 0 Å². The van der Waals surface area contributed by atoms with Crippen LogP contribution < -0.4 is 10.6 Å². The fraction of sp³-hybridized carbons (Fsp3) is 0.118. The highest BCUT2D eigenvalue weighted by molar-refractivity contribution is 6.05. The Morgan fingerprint density at radius 3 is 2.39 bits per heavy atom. The van der Waals surface area contributed by atoms with Gasteiger partial charge in [-0.15, -0.1) is 5.10 Å². The highest BCUT2D eigenvalue weighted by Crippen LogP contribution is 2.30. The number of anilines is 2. The Labute approximate surface area is 156 Å². The lowest BCUT2D eigenvalue weighted by Crippen LogP contribution is -2.19. The maximum Gasteiger partial charge on any atom is 0.416 e. The summed E-state index contributed by atoms with van der Waals surface area (Å²) in [4.78, 5) is 24.3. The molecule has 1 heterocycles. The number of amides is 2. The SMILES string of the molecule is O=C(Cn1cnnn1)Nc1cccc(C(=O)Nc2cccc(C(F)(F)F)c2)c1. The largest absolute Gasteiger partial charge is 0.416 e. The summed E-state index contributed by atoms with van der Waals surface area (Å²) in [5, 5.41) is 15.4. The number of hydrogen-bond acceptors (Lipinski definition) is 5. The van der Waals surface area contributed by atoms with Gasteiger partial charge in [-0.1, -0.05) is 12.1 Å². The van der Waals surface area contributed by atoms with E-state index in [9.17, 15) is 22.8 Å². The van der Waals surface area contributed by atoms with E-state index in [1.165, 1.54) is 41.3 Å². The number of carbonyl (C=O) groups is 2. The summed E-state index contributed by atoms with van der Waals surface area (Å²) >= 11 is 0. The van der Waals surface area contributed by atoms with E-state index in [1.807, 2.05) is 0 Å². The Morgan fingerprint density at radius 1 is 1.00 bits per heavy atom. The summed E-state index contributed by atoms with van der Waals surface area (Å²) in [6.07, 6.45) is -3.23. The molecule has 0 radical (unpaired) electrons. The summed E-state index contributed by atoms with van der Waals surface area (Å²) in [6.45, 7) is -0.117. The molecule has 3 rings (SSSR count). The second-order valence-electron chi connectivity index (χ2n) is 5.67. The van der Waals surface area contributed by atoms with Crippen LogP contribution in [0.4, 0.5) is 24.5 Å². The molecule has 0 atom stereocenters. The summed E-state index contributed by atoms with van der Waals surface area (Å²) in [5.74, 6) is -1.03. The molecule has 0 saturated heterocycles. The third-order valence-corrected chi connectivity index (χ3v) is 3.55. The van der Waals surface area contributed by atoms with Crippen molar-refractivity contribution in [1.82, 2.24) is 20.2 Å². The summed E-state index contributed by atoms with van der Waals surface area (Å²) in [5.41, 5.74) is -0.353. The minimum atomic E-state index is -4.51. The second kappa shape index (κ2) is 7.86. The first-order chi connectivity index (χ1) is 13.3. The molecule has 0 unspecified atom stereocenters. The molecule has 0 aliphatic rings. The van der Waals surface area contributed by atoms with E-state index in [0.717, 1.165) is 12.1 Å². The molecule has 3 aromatic rings. The van der Waals surface area contributed by atoms with Gasteiger partial charge in [0.05, 0.1) is 5.56 Å². The first-order valence-corrected chi connectivity index (χ1v) is 7.90. The van der Waals surface area contributed by atoms with Gasteiger partial charge in [-0.05, 0) is 46.8 Å². The lowest BCUT2D eigenvalue weighted by atomic mass is 10.1. The van der Waals surface area contributed by atoms with Gasteiger partial charge in [0.1, 0.15) is 12.9 Å². The Kier molecular flexibility index (Phi) is 5.34. The molecular weight excluding hydrogens is 377 g/mol. The Balaban J connectivity index is 1.68. The predicted molar refractivity (Wildman–Crippen MR) is 92.3 cm³/mol. The number of aromatic nitrogens is 4. The quantitative estimate of drug-likeness (QED) is 0.697. The smallest absolute Gasteiger partial charge is 0.324 e. The summed E-state index contributed by atoms with van der Waals surface area (Å²) in [6, 6.07) is 10.3. The maximum atomic E-state index is 12.8. The molecule has 0 aliphatic carbocycles. The molecule has 0 spiro atoms. The summed E-state index contributed by atoms with van der Waals surface area (Å²) in [7, 11) is 0. The van der Waals surface area contributed by atoms with Gasteiger partial charge < -0.3 is 10.6 Å². The van der Waals surface area contributed by atoms with Gasteiger partial charge in [-0.3, -0.25) is 9.59 Å². The van der Waals surface area contributed by atoms with Crippen molar-refractivity contribution in [3.8, 4) is 0 Å². The van der Waals surface area contributed by atoms with Gasteiger partial charge in [-0.2, -0.15) is 13.2 Å². The van der Waals surface area contributed by atoms with Crippen LogP contribution in [0.3, 0.4) is 0 Å². The van der Waals surface area contributed by atoms with E-state index >= 15 is 0 Å². The van der Waals surface area contributed by atoms with Crippen LogP contribution in [0.15, 0.2) is 54.9 Å². The van der Waals surface area contributed by atoms with Gasteiger partial charge in [0.15, 0.2) is 0 Å². The van der Waals surface area contributed by atoms with E-state index in [2.05, 4.69) is 26.2 Å². The number of halogens is 3. The van der Waals surface area contributed by atoms with E-state index in [-0.39, 0.29) is 17.8 Å². The van der Waals surface area contributed by atoms with E-state index in [1.54, 1.807) is 6.07 Å². The average molecular weight is 390 g/mol. The molecule has 2 aromatic carbocycles. The molecule has 2 N–H and O–H groups in total. The average Bonchev–Trinajstić information content (AvgIpc) is 3.14. The minimum absolute atomic E-state index is 0.00736. The van der Waals surface area contributed by atoms with Crippen molar-refractivity contribution < 1.29 is 22.8 Å². The van der Waals surface area contributed by atoms with Gasteiger partial charge in [0.25, 0.3) is 5.91 Å². The molecule has 28 heavy (non-hydrogen) atoms. The van der Waals surface area contributed by atoms with Crippen molar-refractivity contribution in [1.29, 1.82) is 0 Å². The Bertz CT molecular complexity index is 989. The topological polar surface area (TPSA) is 102 Å². The number of carbonyl (C=O) groups excluding carboxylic acids is 2. The number of alkyl halides is 3. The van der Waals surface area contributed by atoms with E-state index in [4.69, 9.17) is 0 Å². The Hall–Kier alpha value is -3.76. The third kappa shape index (κ3) is 4.90. The number of tetrazole rings is 1. The van der Waals surface area contributed by atoms with Crippen molar-refractivity contribution >= 4 is 23.2 Å². The standard InChI is InChI=1S/C17H13F3N6O2/c18-17(19,20)12-4-2-6-14(8-12)23-16(28)11-3-1-5-13(7-11)22-15(27)9-26-10-21-24-25-26/h1-8,10H,9H2,(H,22,27)(H,23,28). The molecule has 11 heteroatoms. The molecule has 0 bridgehead atoms. The Morgan fingerprint density at radius 2 is 1.71 bits per heavy atom. The van der Waals surface area contributed by atoms with Crippen molar-refractivity contribution in [3.05, 3.63) is 66.0 Å². The molecule has 0 aliphatic heterocycles. The van der Waals surface area contributed by atoms with E-state index < -0.39 is 23.6 Å². The first-order valence-electron chi connectivity index (χ1n) is 7.90. The van der Waals surface area contributed by atoms with Crippen LogP contribution in [-0.2, 0) is 17.5 Å². The summed E-state index contributed by atoms with van der Waals surface area (Å²) < 4.78 is 39.5. The van der Waals surface area contributed by atoms with Crippen molar-refractivity contribution in [3.63, 3.8) is 0 Å². The highest BCUT2D eigenvalue weighted by atomic mass is 19.4. The van der Waals surface area contributed by atoms with Crippen molar-refractivity contribution in [2.45, 2.75) is 12.7 Å². The zero-order chi connectivity index (χ0) is 20.1. The van der Waals surface area contributed by atoms with Crippen LogP contribution >= 0.6 is 0 Å². The predicted octanol–water partition coefficient (Wildman–Crippen LogP) is 2.58. The molecule has 8 nitrogen and oxygen atoms in total. The third-order valence-electron chi connectivity index (χ3n) is 3.55. The van der Waals surface area contributed by atoms with Crippen LogP contribution in [0.1, 0.15) is 15.9 Å². The van der Waals surface area contributed by atoms with Crippen molar-refractivity contribution in [2.24, 2.45) is 0 Å². The van der Waals surface area contributed by atoms with Gasteiger partial charge in [0, 0.05) is 16.9 Å². The molecule has 0 saturated carbocycles. The molecular formula is C17H13F3N6O2. The van der Waals surface area contributed by atoms with Crippen LogP contribution in [-0.4, -0.2) is 32.0 Å². The fourth-order valence-corrected chi connectivity index (χ4v) is 2.32. The number of nitrogens with zero attached hydrogens (tertiary/aromatic N) is 4. The number of hydrogen-bond donors (Lipinski definition) is 2. The number of rotatable bonds is 5. The van der Waals surface area contributed by atoms with Crippen LogP contribution in [0.2, 0.25) is 0 Å². The van der Waals surface area contributed by atoms with Crippen LogP contribution in [0.25, 0.3) is 0 Å². The monoisotopic (exact) mass is 390 g/mol. The second-order valence-corrected chi connectivity index (χ2v) is 5.67. The highest BCUT2D eigenvalue weighted by Gasteiger charge is 2.30. The van der Waals surface area contributed by atoms with Crippen LogP contribution in [0, 0.1) is 0 Å². The zero-order valence-corrected chi connectivity index (χ0v) is 14.1. The van der Waals surface area contributed by atoms with Gasteiger partial charge in [0.2, 0.25) is 5.91 Å². The number of nitrogens with one attached hydrogen (secondary N) is 2. The first kappa shape index (κ1) is 19.0. The maximum absolute atomic E-state index is 12.8. The normalized spacial score (nSPS) is 11.1. The molecule has 0 fully saturated rings. The molecule has 1 aromatic heterocycles. The fourth-order valence-electron chi connectivity index (χ4n) is 2.32. The molecule has 2 amide bonds. The number of benzene rings is 2. The molecule has 144 valence electrons.